The van der Waals surface area contributed by atoms with E-state index in [1.807, 2.05) is 0 Å². The van der Waals surface area contributed by atoms with Crippen LogP contribution in [0.15, 0.2) is 12.1 Å². The molecule has 0 aliphatic carbocycles. The summed E-state index contributed by atoms with van der Waals surface area (Å²) in [6, 6.07) is 5.09. The van der Waals surface area contributed by atoms with E-state index in [0.29, 0.717) is 16.1 Å². The number of hydrogen-bond acceptors (Lipinski definition) is 2. The second kappa shape index (κ2) is 5.94. The van der Waals surface area contributed by atoms with Crippen molar-refractivity contribution in [1.82, 2.24) is 5.32 Å². The molecule has 0 saturated heterocycles. The number of rotatable bonds is 0. The number of carbonyl (C=O) groups excluding carboxylic acids is 1. The van der Waals surface area contributed by atoms with Gasteiger partial charge in [-0.1, -0.05) is 11.6 Å². The Morgan fingerprint density at radius 3 is 2.63 bits per heavy atom. The number of hydrogen-bond donors (Lipinski definition) is 1. The van der Waals surface area contributed by atoms with Crippen molar-refractivity contribution in [3.8, 4) is 12.0 Å². The monoisotopic (exact) mass is 283 g/mol. The van der Waals surface area contributed by atoms with Gasteiger partial charge in [0.15, 0.2) is 0 Å². The molecule has 19 heavy (non-hydrogen) atoms. The van der Waals surface area contributed by atoms with E-state index < -0.39 is 17.5 Å². The van der Waals surface area contributed by atoms with E-state index in [9.17, 15) is 9.18 Å². The number of ether oxygens (including phenoxy) is 1. The van der Waals surface area contributed by atoms with E-state index in [2.05, 4.69) is 17.3 Å². The molecule has 0 aliphatic heterocycles. The number of halogens is 2. The standard InChI is InChI=1S/C14H15ClFNO2/c1-9-10(11(15)5-6-12(9)16)7-8-17-13(18)19-14(2,3)4/h5-6H,1-4H3,(H,17,18). The fraction of sp³-hybridized carbons (Fsp3) is 0.357. The van der Waals surface area contributed by atoms with E-state index in [1.54, 1.807) is 27.7 Å². The first-order valence-corrected chi connectivity index (χ1v) is 6.03. The molecule has 0 spiro atoms. The summed E-state index contributed by atoms with van der Waals surface area (Å²) in [4.78, 5) is 11.3. The highest BCUT2D eigenvalue weighted by Crippen LogP contribution is 2.20. The second-order valence-electron chi connectivity index (χ2n) is 4.91. The van der Waals surface area contributed by atoms with Crippen LogP contribution in [0.4, 0.5) is 9.18 Å². The highest BCUT2D eigenvalue weighted by molar-refractivity contribution is 6.31. The van der Waals surface area contributed by atoms with Crippen molar-refractivity contribution in [3.05, 3.63) is 34.1 Å². The molecule has 0 saturated carbocycles. The fourth-order valence-corrected chi connectivity index (χ4v) is 1.51. The SMILES string of the molecule is Cc1c(F)ccc(Cl)c1C#CNC(=O)OC(C)(C)C. The molecule has 1 rings (SSSR count). The molecule has 0 aliphatic rings. The van der Waals surface area contributed by atoms with Crippen LogP contribution in [-0.2, 0) is 4.74 Å². The van der Waals surface area contributed by atoms with Crippen LogP contribution in [0.5, 0.6) is 0 Å². The van der Waals surface area contributed by atoms with Gasteiger partial charge in [0, 0.05) is 11.6 Å². The summed E-state index contributed by atoms with van der Waals surface area (Å²) in [5, 5.41) is 2.59. The molecule has 0 bridgehead atoms. The first kappa shape index (κ1) is 15.3. The lowest BCUT2D eigenvalue weighted by molar-refractivity contribution is 0.0557. The highest BCUT2D eigenvalue weighted by Gasteiger charge is 2.15. The third-order valence-electron chi connectivity index (χ3n) is 2.10. The van der Waals surface area contributed by atoms with Gasteiger partial charge in [-0.05, 0) is 45.7 Å². The number of nitrogens with one attached hydrogen (secondary N) is 1. The van der Waals surface area contributed by atoms with Gasteiger partial charge in [-0.3, -0.25) is 0 Å². The Morgan fingerprint density at radius 1 is 1.42 bits per heavy atom. The van der Waals surface area contributed by atoms with Gasteiger partial charge < -0.3 is 4.74 Å². The van der Waals surface area contributed by atoms with Crippen LogP contribution in [0.1, 0.15) is 31.9 Å². The molecule has 1 aromatic carbocycles. The van der Waals surface area contributed by atoms with E-state index in [0.717, 1.165) is 0 Å². The summed E-state index contributed by atoms with van der Waals surface area (Å²) >= 11 is 5.91. The van der Waals surface area contributed by atoms with Crippen LogP contribution in [0, 0.1) is 24.7 Å². The molecule has 0 fully saturated rings. The Balaban J connectivity index is 2.80. The average molecular weight is 284 g/mol. The Hall–Kier alpha value is -1.73. The summed E-state index contributed by atoms with van der Waals surface area (Å²) in [5.74, 6) is 2.21. The summed E-state index contributed by atoms with van der Waals surface area (Å²) in [7, 11) is 0. The largest absolute Gasteiger partial charge is 0.443 e. The molecule has 0 radical (unpaired) electrons. The van der Waals surface area contributed by atoms with Crippen LogP contribution in [0.2, 0.25) is 5.02 Å². The fourth-order valence-electron chi connectivity index (χ4n) is 1.26. The normalized spacial score (nSPS) is 10.4. The maximum Gasteiger partial charge on any atom is 0.419 e. The quantitative estimate of drug-likeness (QED) is 0.583. The van der Waals surface area contributed by atoms with Crippen LogP contribution in [-0.4, -0.2) is 11.7 Å². The Bertz CT molecular complexity index is 553. The minimum Gasteiger partial charge on any atom is -0.443 e. The third-order valence-corrected chi connectivity index (χ3v) is 2.41. The molecule has 0 atom stereocenters. The maximum atomic E-state index is 13.3. The Morgan fingerprint density at radius 2 is 2.05 bits per heavy atom. The van der Waals surface area contributed by atoms with Crippen LogP contribution in [0.25, 0.3) is 0 Å². The number of alkyl carbamates (subject to hydrolysis) is 1. The first-order valence-electron chi connectivity index (χ1n) is 5.65. The van der Waals surface area contributed by atoms with Gasteiger partial charge >= 0.3 is 6.09 Å². The first-order chi connectivity index (χ1) is 8.70. The van der Waals surface area contributed by atoms with Crippen molar-refractivity contribution in [2.45, 2.75) is 33.3 Å². The van der Waals surface area contributed by atoms with Crippen molar-refractivity contribution in [2.75, 3.05) is 0 Å². The van der Waals surface area contributed by atoms with Crippen molar-refractivity contribution < 1.29 is 13.9 Å². The Labute approximate surface area is 117 Å². The summed E-state index contributed by atoms with van der Waals surface area (Å²) in [5.41, 5.74) is 0.0850. The predicted molar refractivity (Wildman–Crippen MR) is 72.4 cm³/mol. The van der Waals surface area contributed by atoms with E-state index in [-0.39, 0.29) is 0 Å². The molecule has 1 N–H and O–H groups in total. The third kappa shape index (κ3) is 4.80. The molecule has 0 heterocycles. The van der Waals surface area contributed by atoms with Crippen LogP contribution >= 0.6 is 11.6 Å². The molecule has 3 nitrogen and oxygen atoms in total. The summed E-state index contributed by atoms with van der Waals surface area (Å²) < 4.78 is 18.3. The molecule has 102 valence electrons. The average Bonchev–Trinajstić information content (AvgIpc) is 2.26. The summed E-state index contributed by atoms with van der Waals surface area (Å²) in [6.45, 7) is 6.80. The number of benzene rings is 1. The van der Waals surface area contributed by atoms with Crippen LogP contribution in [0.3, 0.4) is 0 Å². The van der Waals surface area contributed by atoms with Gasteiger partial charge in [-0.15, -0.1) is 0 Å². The van der Waals surface area contributed by atoms with E-state index in [1.165, 1.54) is 12.1 Å². The molecule has 1 aromatic rings. The van der Waals surface area contributed by atoms with Gasteiger partial charge in [-0.2, -0.15) is 0 Å². The smallest absolute Gasteiger partial charge is 0.419 e. The lowest BCUT2D eigenvalue weighted by Gasteiger charge is -2.18. The highest BCUT2D eigenvalue weighted by atomic mass is 35.5. The molecular weight excluding hydrogens is 269 g/mol. The van der Waals surface area contributed by atoms with Crippen molar-refractivity contribution in [3.63, 3.8) is 0 Å². The second-order valence-corrected chi connectivity index (χ2v) is 5.31. The van der Waals surface area contributed by atoms with Crippen molar-refractivity contribution in [1.29, 1.82) is 0 Å². The molecule has 0 unspecified atom stereocenters. The lowest BCUT2D eigenvalue weighted by Crippen LogP contribution is -2.29. The zero-order valence-electron chi connectivity index (χ0n) is 11.2. The molecule has 0 aromatic heterocycles. The minimum absolute atomic E-state index is 0.331. The zero-order valence-corrected chi connectivity index (χ0v) is 12.0. The number of carbonyl (C=O) groups is 1. The van der Waals surface area contributed by atoms with Crippen molar-refractivity contribution >= 4 is 17.7 Å². The van der Waals surface area contributed by atoms with Crippen LogP contribution < -0.4 is 5.32 Å². The minimum atomic E-state index is -0.662. The van der Waals surface area contributed by atoms with Gasteiger partial charge in [0.25, 0.3) is 0 Å². The molecule has 5 heteroatoms. The number of amides is 1. The van der Waals surface area contributed by atoms with Crippen molar-refractivity contribution in [2.24, 2.45) is 0 Å². The topological polar surface area (TPSA) is 38.3 Å². The van der Waals surface area contributed by atoms with Gasteiger partial charge in [0.2, 0.25) is 0 Å². The Kier molecular flexibility index (Phi) is 4.79. The van der Waals surface area contributed by atoms with Gasteiger partial charge in [-0.25, -0.2) is 14.5 Å². The van der Waals surface area contributed by atoms with Gasteiger partial charge in [0.1, 0.15) is 11.4 Å². The van der Waals surface area contributed by atoms with E-state index >= 15 is 0 Å². The molecular formula is C14H15ClFNO2. The zero-order chi connectivity index (χ0) is 14.6. The molecule has 1 amide bonds. The maximum absolute atomic E-state index is 13.3. The summed E-state index contributed by atoms with van der Waals surface area (Å²) in [6.07, 6.45) is -0.662. The van der Waals surface area contributed by atoms with Gasteiger partial charge in [0.05, 0.1) is 10.6 Å². The predicted octanol–water partition coefficient (Wildman–Crippen LogP) is 3.62. The lowest BCUT2D eigenvalue weighted by atomic mass is 10.1. The van der Waals surface area contributed by atoms with E-state index in [4.69, 9.17) is 16.3 Å².